The summed E-state index contributed by atoms with van der Waals surface area (Å²) >= 11 is 1.60. The molecule has 0 aliphatic carbocycles. The minimum Gasteiger partial charge on any atom is -0.329 e. The molecule has 0 fully saturated rings. The Balaban J connectivity index is 2.17. The fourth-order valence-corrected chi connectivity index (χ4v) is 2.79. The molecule has 1 nitrogen and oxygen atoms in total. The minimum atomic E-state index is -0.209. The minimum absolute atomic E-state index is 0.160. The van der Waals surface area contributed by atoms with Gasteiger partial charge in [0.25, 0.3) is 0 Å². The lowest BCUT2D eigenvalue weighted by Crippen LogP contribution is -2.09. The van der Waals surface area contributed by atoms with E-state index in [1.165, 1.54) is 17.2 Å². The third-order valence-electron chi connectivity index (χ3n) is 2.74. The Morgan fingerprint density at radius 1 is 1.17 bits per heavy atom. The molecule has 2 aromatic carbocycles. The molecule has 2 rings (SSSR count). The standard InChI is InChI=1S/C15H16FNS/c1-11-5-7-12(8-6-11)15(10-17)18-14-4-2-3-13(16)9-14/h2-9,15H,10,17H2,1H3. The summed E-state index contributed by atoms with van der Waals surface area (Å²) in [5.41, 5.74) is 8.22. The summed E-state index contributed by atoms with van der Waals surface area (Å²) in [5, 5.41) is 0.160. The molecular weight excluding hydrogens is 245 g/mol. The van der Waals surface area contributed by atoms with Crippen molar-refractivity contribution in [3.63, 3.8) is 0 Å². The molecule has 0 saturated heterocycles. The van der Waals surface area contributed by atoms with E-state index in [0.717, 1.165) is 4.90 Å². The predicted molar refractivity (Wildman–Crippen MR) is 75.2 cm³/mol. The van der Waals surface area contributed by atoms with E-state index in [1.54, 1.807) is 23.9 Å². The van der Waals surface area contributed by atoms with Crippen molar-refractivity contribution >= 4 is 11.8 Å². The first kappa shape index (κ1) is 13.1. The van der Waals surface area contributed by atoms with Crippen molar-refractivity contribution in [3.8, 4) is 0 Å². The van der Waals surface area contributed by atoms with Gasteiger partial charge in [-0.25, -0.2) is 4.39 Å². The molecule has 18 heavy (non-hydrogen) atoms. The lowest BCUT2D eigenvalue weighted by atomic mass is 10.1. The van der Waals surface area contributed by atoms with Gasteiger partial charge < -0.3 is 5.73 Å². The second kappa shape index (κ2) is 6.03. The average molecular weight is 261 g/mol. The molecule has 0 aliphatic heterocycles. The monoisotopic (exact) mass is 261 g/mol. The first-order chi connectivity index (χ1) is 8.69. The van der Waals surface area contributed by atoms with Crippen molar-refractivity contribution in [3.05, 3.63) is 65.5 Å². The molecule has 0 spiro atoms. The smallest absolute Gasteiger partial charge is 0.124 e. The van der Waals surface area contributed by atoms with Crippen LogP contribution in [0.5, 0.6) is 0 Å². The van der Waals surface area contributed by atoms with Gasteiger partial charge in [-0.3, -0.25) is 0 Å². The van der Waals surface area contributed by atoms with Crippen molar-refractivity contribution in [2.75, 3.05) is 6.54 Å². The van der Waals surface area contributed by atoms with Crippen LogP contribution in [0.3, 0.4) is 0 Å². The van der Waals surface area contributed by atoms with Crippen LogP contribution in [0.25, 0.3) is 0 Å². The van der Waals surface area contributed by atoms with E-state index in [-0.39, 0.29) is 11.1 Å². The van der Waals surface area contributed by atoms with E-state index < -0.39 is 0 Å². The van der Waals surface area contributed by atoms with E-state index in [2.05, 4.69) is 31.2 Å². The molecule has 1 atom stereocenters. The fourth-order valence-electron chi connectivity index (χ4n) is 1.74. The van der Waals surface area contributed by atoms with Gasteiger partial charge in [0.05, 0.1) is 0 Å². The van der Waals surface area contributed by atoms with Gasteiger partial charge in [-0.05, 0) is 30.7 Å². The molecule has 0 radical (unpaired) electrons. The fraction of sp³-hybridized carbons (Fsp3) is 0.200. The summed E-state index contributed by atoms with van der Waals surface area (Å²) in [6.07, 6.45) is 0. The van der Waals surface area contributed by atoms with E-state index in [4.69, 9.17) is 5.73 Å². The molecule has 0 bridgehead atoms. The Labute approximate surface area is 111 Å². The van der Waals surface area contributed by atoms with Gasteiger partial charge in [0, 0.05) is 16.7 Å². The maximum absolute atomic E-state index is 13.1. The van der Waals surface area contributed by atoms with Gasteiger partial charge in [-0.15, -0.1) is 11.8 Å². The molecule has 0 aliphatic rings. The summed E-state index contributed by atoms with van der Waals surface area (Å²) in [6.45, 7) is 2.59. The zero-order chi connectivity index (χ0) is 13.0. The number of thioether (sulfide) groups is 1. The maximum Gasteiger partial charge on any atom is 0.124 e. The number of hydrogen-bond donors (Lipinski definition) is 1. The van der Waals surface area contributed by atoms with Crippen LogP contribution in [-0.2, 0) is 0 Å². The Kier molecular flexibility index (Phi) is 4.39. The molecule has 3 heteroatoms. The summed E-state index contributed by atoms with van der Waals surface area (Å²) in [4.78, 5) is 0.908. The van der Waals surface area contributed by atoms with Crippen molar-refractivity contribution in [1.82, 2.24) is 0 Å². The summed E-state index contributed by atoms with van der Waals surface area (Å²) < 4.78 is 13.1. The van der Waals surface area contributed by atoms with E-state index in [0.29, 0.717) is 6.54 Å². The predicted octanol–water partition coefficient (Wildman–Crippen LogP) is 3.93. The van der Waals surface area contributed by atoms with Crippen molar-refractivity contribution in [1.29, 1.82) is 0 Å². The Morgan fingerprint density at radius 3 is 2.50 bits per heavy atom. The normalized spacial score (nSPS) is 12.4. The van der Waals surface area contributed by atoms with Crippen LogP contribution >= 0.6 is 11.8 Å². The van der Waals surface area contributed by atoms with Crippen LogP contribution in [0.15, 0.2) is 53.4 Å². The topological polar surface area (TPSA) is 26.0 Å². The van der Waals surface area contributed by atoms with Crippen LogP contribution in [0.4, 0.5) is 4.39 Å². The van der Waals surface area contributed by atoms with Gasteiger partial charge in [-0.2, -0.15) is 0 Å². The maximum atomic E-state index is 13.1. The highest BCUT2D eigenvalue weighted by atomic mass is 32.2. The molecule has 0 amide bonds. The number of aryl methyl sites for hydroxylation is 1. The van der Waals surface area contributed by atoms with Crippen molar-refractivity contribution in [2.24, 2.45) is 5.73 Å². The average Bonchev–Trinajstić information content (AvgIpc) is 2.37. The second-order valence-electron chi connectivity index (χ2n) is 4.21. The zero-order valence-corrected chi connectivity index (χ0v) is 11.1. The highest BCUT2D eigenvalue weighted by Crippen LogP contribution is 2.34. The molecule has 0 heterocycles. The first-order valence-corrected chi connectivity index (χ1v) is 6.76. The summed E-state index contributed by atoms with van der Waals surface area (Å²) in [7, 11) is 0. The van der Waals surface area contributed by atoms with Crippen LogP contribution in [-0.4, -0.2) is 6.54 Å². The SMILES string of the molecule is Cc1ccc(C(CN)Sc2cccc(F)c2)cc1. The highest BCUT2D eigenvalue weighted by Gasteiger charge is 2.11. The summed E-state index contributed by atoms with van der Waals surface area (Å²) in [5.74, 6) is -0.209. The van der Waals surface area contributed by atoms with Gasteiger partial charge in [0.2, 0.25) is 0 Å². The van der Waals surface area contributed by atoms with Crippen LogP contribution in [0.2, 0.25) is 0 Å². The lowest BCUT2D eigenvalue weighted by molar-refractivity contribution is 0.624. The van der Waals surface area contributed by atoms with Gasteiger partial charge in [-0.1, -0.05) is 35.9 Å². The zero-order valence-electron chi connectivity index (χ0n) is 10.3. The Morgan fingerprint density at radius 2 is 1.89 bits per heavy atom. The number of hydrogen-bond acceptors (Lipinski definition) is 2. The van der Waals surface area contributed by atoms with Crippen molar-refractivity contribution in [2.45, 2.75) is 17.1 Å². The third-order valence-corrected chi connectivity index (χ3v) is 4.01. The Hall–Kier alpha value is -1.32. The molecule has 0 aromatic heterocycles. The highest BCUT2D eigenvalue weighted by molar-refractivity contribution is 7.99. The quantitative estimate of drug-likeness (QED) is 0.844. The lowest BCUT2D eigenvalue weighted by Gasteiger charge is -2.15. The van der Waals surface area contributed by atoms with Crippen LogP contribution < -0.4 is 5.73 Å². The summed E-state index contributed by atoms with van der Waals surface area (Å²) in [6, 6.07) is 14.9. The molecule has 94 valence electrons. The van der Waals surface area contributed by atoms with Crippen LogP contribution in [0, 0.1) is 12.7 Å². The molecule has 2 N–H and O–H groups in total. The van der Waals surface area contributed by atoms with E-state index in [1.807, 2.05) is 6.07 Å². The van der Waals surface area contributed by atoms with Crippen molar-refractivity contribution < 1.29 is 4.39 Å². The largest absolute Gasteiger partial charge is 0.329 e. The molecule has 0 saturated carbocycles. The van der Waals surface area contributed by atoms with Gasteiger partial charge in [0.15, 0.2) is 0 Å². The van der Waals surface area contributed by atoms with Gasteiger partial charge >= 0.3 is 0 Å². The Bertz CT molecular complexity index is 510. The number of halogens is 1. The molecular formula is C15H16FNS. The third kappa shape index (κ3) is 3.34. The first-order valence-electron chi connectivity index (χ1n) is 5.88. The second-order valence-corrected chi connectivity index (χ2v) is 5.49. The molecule has 1 unspecified atom stereocenters. The molecule has 2 aromatic rings. The van der Waals surface area contributed by atoms with Gasteiger partial charge in [0.1, 0.15) is 5.82 Å². The number of benzene rings is 2. The number of nitrogens with two attached hydrogens (primary N) is 1. The van der Waals surface area contributed by atoms with Crippen LogP contribution in [0.1, 0.15) is 16.4 Å². The van der Waals surface area contributed by atoms with E-state index in [9.17, 15) is 4.39 Å². The van der Waals surface area contributed by atoms with E-state index >= 15 is 0 Å². The number of rotatable bonds is 4.